The molecule has 2 atom stereocenters. The lowest BCUT2D eigenvalue weighted by Gasteiger charge is -2.26. The molecule has 20 heavy (non-hydrogen) atoms. The molecule has 0 amide bonds. The number of likely N-dealkylation sites (N-methyl/N-ethyl adjacent to an activating group) is 1. The second-order valence-corrected chi connectivity index (χ2v) is 7.26. The number of sulfonamides is 1. The van der Waals surface area contributed by atoms with Crippen LogP contribution < -0.4 is 0 Å². The van der Waals surface area contributed by atoms with Gasteiger partial charge in [0.1, 0.15) is 5.75 Å². The van der Waals surface area contributed by atoms with Gasteiger partial charge >= 0.3 is 0 Å². The van der Waals surface area contributed by atoms with Crippen molar-refractivity contribution >= 4 is 10.0 Å². The van der Waals surface area contributed by atoms with E-state index in [2.05, 4.69) is 0 Å². The molecule has 1 aromatic rings. The molecule has 2 rings (SSSR count). The number of β-amino-alcohol motifs (C(OH)–C–C–N with tert-alkyl or cyclic N) is 1. The average Bonchev–Trinajstić information content (AvgIpc) is 2.70. The SMILES string of the molecule is CN(C)CC1CC(O)CN1S(=O)(=O)c1ccc(O)cc1. The van der Waals surface area contributed by atoms with E-state index < -0.39 is 16.1 Å². The Bertz CT molecular complexity index is 556. The van der Waals surface area contributed by atoms with Crippen molar-refractivity contribution in [2.75, 3.05) is 27.2 Å². The van der Waals surface area contributed by atoms with E-state index in [0.717, 1.165) is 0 Å². The van der Waals surface area contributed by atoms with Crippen LogP contribution in [-0.2, 0) is 10.0 Å². The van der Waals surface area contributed by atoms with Crippen molar-refractivity contribution in [2.24, 2.45) is 0 Å². The van der Waals surface area contributed by atoms with Crippen LogP contribution in [0.15, 0.2) is 29.2 Å². The third-order valence-corrected chi connectivity index (χ3v) is 5.29. The number of rotatable bonds is 4. The predicted molar refractivity (Wildman–Crippen MR) is 75.0 cm³/mol. The van der Waals surface area contributed by atoms with E-state index in [9.17, 15) is 18.6 Å². The highest BCUT2D eigenvalue weighted by molar-refractivity contribution is 7.89. The lowest BCUT2D eigenvalue weighted by atomic mass is 10.2. The molecule has 1 aliphatic rings. The molecule has 2 unspecified atom stereocenters. The highest BCUT2D eigenvalue weighted by Gasteiger charge is 2.39. The molecule has 0 spiro atoms. The molecule has 6 nitrogen and oxygen atoms in total. The summed E-state index contributed by atoms with van der Waals surface area (Å²) in [4.78, 5) is 2.04. The van der Waals surface area contributed by atoms with E-state index in [4.69, 9.17) is 0 Å². The first-order chi connectivity index (χ1) is 9.30. The van der Waals surface area contributed by atoms with Gasteiger partial charge in [0.25, 0.3) is 0 Å². The van der Waals surface area contributed by atoms with Crippen LogP contribution in [0.3, 0.4) is 0 Å². The first-order valence-corrected chi connectivity index (χ1v) is 7.88. The number of phenols is 1. The summed E-state index contributed by atoms with van der Waals surface area (Å²) >= 11 is 0. The summed E-state index contributed by atoms with van der Waals surface area (Å²) in [6.07, 6.45) is -0.193. The van der Waals surface area contributed by atoms with Crippen molar-refractivity contribution in [1.29, 1.82) is 0 Å². The number of nitrogens with zero attached hydrogens (tertiary/aromatic N) is 2. The minimum atomic E-state index is -3.65. The number of phenolic OH excluding ortho intramolecular Hbond substituents is 1. The van der Waals surface area contributed by atoms with E-state index in [1.165, 1.54) is 28.6 Å². The van der Waals surface area contributed by atoms with E-state index in [0.29, 0.717) is 13.0 Å². The minimum Gasteiger partial charge on any atom is -0.508 e. The zero-order valence-electron chi connectivity index (χ0n) is 11.6. The Morgan fingerprint density at radius 1 is 1.30 bits per heavy atom. The predicted octanol–water partition coefficient (Wildman–Crippen LogP) is 0.0777. The maximum absolute atomic E-state index is 12.6. The standard InChI is InChI=1S/C13H20N2O4S/c1-14(2)8-10-7-12(17)9-15(10)20(18,19)13-5-3-11(16)4-6-13/h3-6,10,12,16-17H,7-9H2,1-2H3. The monoisotopic (exact) mass is 300 g/mol. The third-order valence-electron chi connectivity index (χ3n) is 3.36. The molecule has 1 saturated heterocycles. The van der Waals surface area contributed by atoms with Gasteiger partial charge in [0.15, 0.2) is 0 Å². The van der Waals surface area contributed by atoms with E-state index in [-0.39, 0.29) is 23.2 Å². The topological polar surface area (TPSA) is 81.1 Å². The summed E-state index contributed by atoms with van der Waals surface area (Å²) in [6.45, 7) is 0.677. The number of aliphatic hydroxyl groups excluding tert-OH is 1. The van der Waals surface area contributed by atoms with Crippen molar-refractivity contribution in [1.82, 2.24) is 9.21 Å². The van der Waals surface area contributed by atoms with Gasteiger partial charge in [0.2, 0.25) is 10.0 Å². The van der Waals surface area contributed by atoms with Crippen LogP contribution in [0.2, 0.25) is 0 Å². The molecule has 0 bridgehead atoms. The molecule has 7 heteroatoms. The number of aliphatic hydroxyl groups is 1. The van der Waals surface area contributed by atoms with Crippen molar-refractivity contribution in [2.45, 2.75) is 23.5 Å². The molecule has 112 valence electrons. The zero-order valence-corrected chi connectivity index (χ0v) is 12.4. The van der Waals surface area contributed by atoms with Crippen LogP contribution in [0.1, 0.15) is 6.42 Å². The number of hydrogen-bond acceptors (Lipinski definition) is 5. The van der Waals surface area contributed by atoms with Gasteiger partial charge in [-0.2, -0.15) is 4.31 Å². The Balaban J connectivity index is 2.29. The van der Waals surface area contributed by atoms with E-state index in [1.807, 2.05) is 19.0 Å². The molecular formula is C13H20N2O4S. The normalized spacial score (nSPS) is 24.4. The fraction of sp³-hybridized carbons (Fsp3) is 0.538. The summed E-state index contributed by atoms with van der Waals surface area (Å²) in [5.74, 6) is 0.0234. The Kier molecular flexibility index (Phi) is 4.33. The summed E-state index contributed by atoms with van der Waals surface area (Å²) in [5, 5.41) is 19.0. The second kappa shape index (κ2) is 5.69. The van der Waals surface area contributed by atoms with Crippen molar-refractivity contribution < 1.29 is 18.6 Å². The number of benzene rings is 1. The maximum atomic E-state index is 12.6. The lowest BCUT2D eigenvalue weighted by molar-refractivity contribution is 0.188. The lowest BCUT2D eigenvalue weighted by Crippen LogP contribution is -2.41. The Hall–Kier alpha value is -1.15. The van der Waals surface area contributed by atoms with Crippen LogP contribution in [-0.4, -0.2) is 67.2 Å². The Morgan fingerprint density at radius 2 is 1.90 bits per heavy atom. The molecule has 0 radical (unpaired) electrons. The van der Waals surface area contributed by atoms with Gasteiger partial charge in [-0.25, -0.2) is 8.42 Å². The van der Waals surface area contributed by atoms with Gasteiger partial charge in [0, 0.05) is 19.1 Å². The first-order valence-electron chi connectivity index (χ1n) is 6.44. The molecule has 0 aromatic heterocycles. The van der Waals surface area contributed by atoms with Gasteiger partial charge in [-0.1, -0.05) is 0 Å². The molecule has 2 N–H and O–H groups in total. The first kappa shape index (κ1) is 15.2. The zero-order chi connectivity index (χ0) is 14.9. The number of aromatic hydroxyl groups is 1. The Morgan fingerprint density at radius 3 is 2.45 bits per heavy atom. The summed E-state index contributed by atoms with van der Waals surface area (Å²) in [7, 11) is 0.0946. The van der Waals surface area contributed by atoms with E-state index in [1.54, 1.807) is 0 Å². The summed E-state index contributed by atoms with van der Waals surface area (Å²) in [6, 6.07) is 5.21. The quantitative estimate of drug-likeness (QED) is 0.823. The van der Waals surface area contributed by atoms with Gasteiger partial charge < -0.3 is 15.1 Å². The third kappa shape index (κ3) is 3.12. The van der Waals surface area contributed by atoms with Gasteiger partial charge in [-0.3, -0.25) is 0 Å². The molecule has 1 fully saturated rings. The van der Waals surface area contributed by atoms with Gasteiger partial charge in [0.05, 0.1) is 11.0 Å². The average molecular weight is 300 g/mol. The second-order valence-electron chi connectivity index (χ2n) is 5.37. The summed E-state index contributed by atoms with van der Waals surface area (Å²) < 4.78 is 26.5. The largest absolute Gasteiger partial charge is 0.508 e. The van der Waals surface area contributed by atoms with Gasteiger partial charge in [-0.05, 0) is 44.8 Å². The molecule has 1 aliphatic heterocycles. The van der Waals surface area contributed by atoms with Crippen LogP contribution in [0.25, 0.3) is 0 Å². The van der Waals surface area contributed by atoms with Crippen LogP contribution in [0.4, 0.5) is 0 Å². The fourth-order valence-electron chi connectivity index (χ4n) is 2.50. The minimum absolute atomic E-state index is 0.0234. The highest BCUT2D eigenvalue weighted by atomic mass is 32.2. The van der Waals surface area contributed by atoms with Crippen LogP contribution in [0.5, 0.6) is 5.75 Å². The van der Waals surface area contributed by atoms with Crippen LogP contribution in [0, 0.1) is 0 Å². The smallest absolute Gasteiger partial charge is 0.243 e. The molecule has 1 aromatic carbocycles. The number of hydrogen-bond donors (Lipinski definition) is 2. The molecule has 0 saturated carbocycles. The van der Waals surface area contributed by atoms with Crippen molar-refractivity contribution in [3.05, 3.63) is 24.3 Å². The molecular weight excluding hydrogens is 280 g/mol. The summed E-state index contributed by atoms with van der Waals surface area (Å²) in [5.41, 5.74) is 0. The van der Waals surface area contributed by atoms with E-state index >= 15 is 0 Å². The molecule has 0 aliphatic carbocycles. The van der Waals surface area contributed by atoms with Gasteiger partial charge in [-0.15, -0.1) is 0 Å². The van der Waals surface area contributed by atoms with Crippen LogP contribution >= 0.6 is 0 Å². The Labute approximate surface area is 119 Å². The van der Waals surface area contributed by atoms with Crippen molar-refractivity contribution in [3.8, 4) is 5.75 Å². The maximum Gasteiger partial charge on any atom is 0.243 e. The molecule has 1 heterocycles. The van der Waals surface area contributed by atoms with Crippen molar-refractivity contribution in [3.63, 3.8) is 0 Å². The highest BCUT2D eigenvalue weighted by Crippen LogP contribution is 2.27. The fourth-order valence-corrected chi connectivity index (χ4v) is 4.16.